The molecule has 2 atom stereocenters. The van der Waals surface area contributed by atoms with Crippen LogP contribution in [0.2, 0.25) is 0 Å². The molecule has 0 amide bonds. The summed E-state index contributed by atoms with van der Waals surface area (Å²) in [5.41, 5.74) is 0. The Morgan fingerprint density at radius 1 is 1.42 bits per heavy atom. The third-order valence-corrected chi connectivity index (χ3v) is 1.33. The second-order valence-corrected chi connectivity index (χ2v) is 2.19. The minimum Gasteiger partial charge on any atom is -0.486 e. The molecule has 0 saturated carbocycles. The molecule has 0 radical (unpaired) electrons. The molecule has 0 bridgehead atoms. The minimum absolute atomic E-state index is 0.915. The molecule has 0 spiro atoms. The van der Waals surface area contributed by atoms with Gasteiger partial charge in [-0.05, 0) is 6.92 Å². The van der Waals surface area contributed by atoms with Crippen LogP contribution in [0.4, 0.5) is 0 Å². The summed E-state index contributed by atoms with van der Waals surface area (Å²) >= 11 is 0. The number of hydrogen-bond acceptors (Lipinski definition) is 3. The average Bonchev–Trinajstić information content (AvgIpc) is 1.98. The molecule has 12 heavy (non-hydrogen) atoms. The molecule has 68 valence electrons. The highest BCUT2D eigenvalue weighted by Crippen LogP contribution is 2.08. The molecular formula is C7H10O5. The zero-order chi connectivity index (χ0) is 9.72. The summed E-state index contributed by atoms with van der Waals surface area (Å²) in [5.74, 6) is -3.63. The molecule has 2 unspecified atom stereocenters. The molecule has 0 aliphatic rings. The summed E-state index contributed by atoms with van der Waals surface area (Å²) in [6, 6.07) is 0. The van der Waals surface area contributed by atoms with Crippen LogP contribution in [0.25, 0.3) is 0 Å². The van der Waals surface area contributed by atoms with Crippen LogP contribution < -0.4 is 0 Å². The highest BCUT2D eigenvalue weighted by atomic mass is 16.5. The van der Waals surface area contributed by atoms with Gasteiger partial charge >= 0.3 is 11.9 Å². The Labute approximate surface area is 69.3 Å². The molecule has 0 aliphatic heterocycles. The minimum atomic E-state index is -1.38. The second-order valence-electron chi connectivity index (χ2n) is 2.19. The Morgan fingerprint density at radius 2 is 1.92 bits per heavy atom. The fourth-order valence-corrected chi connectivity index (χ4v) is 0.623. The fraction of sp³-hybridized carbons (Fsp3) is 0.429. The molecule has 0 heterocycles. The first-order valence-electron chi connectivity index (χ1n) is 3.22. The van der Waals surface area contributed by atoms with Crippen molar-refractivity contribution < 1.29 is 24.5 Å². The molecule has 5 heteroatoms. The lowest BCUT2D eigenvalue weighted by atomic mass is 10.1. The van der Waals surface area contributed by atoms with Gasteiger partial charge in [-0.2, -0.15) is 0 Å². The predicted octanol–water partition coefficient (Wildman–Crippen LogP) is 0.320. The van der Waals surface area contributed by atoms with Crippen LogP contribution in [-0.2, 0) is 14.3 Å². The van der Waals surface area contributed by atoms with Gasteiger partial charge in [0.1, 0.15) is 5.92 Å². The topological polar surface area (TPSA) is 83.8 Å². The van der Waals surface area contributed by atoms with E-state index in [4.69, 9.17) is 10.2 Å². The first kappa shape index (κ1) is 10.5. The van der Waals surface area contributed by atoms with Crippen LogP contribution in [-0.4, -0.2) is 28.3 Å². The highest BCUT2D eigenvalue weighted by Gasteiger charge is 2.30. The quantitative estimate of drug-likeness (QED) is 0.586. The van der Waals surface area contributed by atoms with Crippen LogP contribution in [0.15, 0.2) is 12.8 Å². The zero-order valence-electron chi connectivity index (χ0n) is 6.56. The summed E-state index contributed by atoms with van der Waals surface area (Å²) in [7, 11) is 0. The molecule has 0 aromatic rings. The molecule has 5 nitrogen and oxygen atoms in total. The van der Waals surface area contributed by atoms with Crippen LogP contribution >= 0.6 is 0 Å². The van der Waals surface area contributed by atoms with Crippen molar-refractivity contribution in [2.24, 2.45) is 5.92 Å². The van der Waals surface area contributed by atoms with Gasteiger partial charge in [0.05, 0.1) is 6.26 Å². The number of aliphatic carboxylic acids is 2. The van der Waals surface area contributed by atoms with E-state index in [9.17, 15) is 9.59 Å². The van der Waals surface area contributed by atoms with Gasteiger partial charge in [0.25, 0.3) is 0 Å². The van der Waals surface area contributed by atoms with Crippen molar-refractivity contribution in [2.75, 3.05) is 0 Å². The summed E-state index contributed by atoms with van der Waals surface area (Å²) in [6.45, 7) is 4.40. The zero-order valence-corrected chi connectivity index (χ0v) is 6.56. The predicted molar refractivity (Wildman–Crippen MR) is 39.5 cm³/mol. The number of carboxylic acid groups (broad SMARTS) is 2. The Bertz CT molecular complexity index is 198. The number of carboxylic acids is 2. The summed E-state index contributed by atoms with van der Waals surface area (Å²) < 4.78 is 4.51. The van der Waals surface area contributed by atoms with Crippen molar-refractivity contribution >= 4 is 11.9 Å². The maximum absolute atomic E-state index is 10.4. The Morgan fingerprint density at radius 3 is 2.17 bits per heavy atom. The standard InChI is InChI=1S/C7H10O5/c1-3-12-5(7(10)11)4(2)6(8)9/h3-5H,1H2,2H3,(H,8,9)(H,10,11). The lowest BCUT2D eigenvalue weighted by Gasteiger charge is -2.15. The molecule has 0 rings (SSSR count). The third kappa shape index (κ3) is 2.61. The first-order chi connectivity index (χ1) is 5.50. The number of rotatable bonds is 5. The van der Waals surface area contributed by atoms with E-state index in [-0.39, 0.29) is 0 Å². The Hall–Kier alpha value is -1.52. The van der Waals surface area contributed by atoms with Crippen molar-refractivity contribution in [3.63, 3.8) is 0 Å². The molecule has 0 fully saturated rings. The van der Waals surface area contributed by atoms with Crippen molar-refractivity contribution in [2.45, 2.75) is 13.0 Å². The van der Waals surface area contributed by atoms with E-state index in [1.807, 2.05) is 0 Å². The number of hydrogen-bond donors (Lipinski definition) is 2. The first-order valence-corrected chi connectivity index (χ1v) is 3.22. The lowest BCUT2D eigenvalue weighted by Crippen LogP contribution is -2.34. The molecule has 2 N–H and O–H groups in total. The van der Waals surface area contributed by atoms with Gasteiger partial charge in [0.2, 0.25) is 6.10 Å². The van der Waals surface area contributed by atoms with Crippen molar-refractivity contribution in [1.29, 1.82) is 0 Å². The van der Waals surface area contributed by atoms with Gasteiger partial charge in [-0.1, -0.05) is 6.58 Å². The molecule has 0 aromatic carbocycles. The summed E-state index contributed by atoms with van der Waals surface area (Å²) in [5, 5.41) is 16.9. The van der Waals surface area contributed by atoms with E-state index in [0.717, 1.165) is 6.26 Å². The lowest BCUT2D eigenvalue weighted by molar-refractivity contribution is -0.158. The highest BCUT2D eigenvalue weighted by molar-refractivity contribution is 5.81. The molecule has 0 aromatic heterocycles. The SMILES string of the molecule is C=COC(C(=O)O)C(C)C(=O)O. The van der Waals surface area contributed by atoms with Gasteiger partial charge in [0.15, 0.2) is 0 Å². The van der Waals surface area contributed by atoms with E-state index in [1.54, 1.807) is 0 Å². The Kier molecular flexibility index (Phi) is 3.82. The summed E-state index contributed by atoms with van der Waals surface area (Å²) in [6.07, 6.45) is -0.460. The van der Waals surface area contributed by atoms with Crippen LogP contribution in [0.5, 0.6) is 0 Å². The van der Waals surface area contributed by atoms with Gasteiger partial charge < -0.3 is 14.9 Å². The van der Waals surface area contributed by atoms with Gasteiger partial charge in [-0.3, -0.25) is 4.79 Å². The van der Waals surface area contributed by atoms with Gasteiger partial charge in [0, 0.05) is 0 Å². The van der Waals surface area contributed by atoms with Crippen molar-refractivity contribution in [3.05, 3.63) is 12.8 Å². The second kappa shape index (κ2) is 4.38. The molecular weight excluding hydrogens is 164 g/mol. The third-order valence-electron chi connectivity index (χ3n) is 1.33. The average molecular weight is 174 g/mol. The largest absolute Gasteiger partial charge is 0.486 e. The molecule has 0 aliphatic carbocycles. The summed E-state index contributed by atoms with van der Waals surface area (Å²) in [4.78, 5) is 20.7. The maximum atomic E-state index is 10.4. The smallest absolute Gasteiger partial charge is 0.345 e. The number of ether oxygens (including phenoxy) is 1. The van der Waals surface area contributed by atoms with Crippen LogP contribution in [0.3, 0.4) is 0 Å². The van der Waals surface area contributed by atoms with E-state index in [2.05, 4.69) is 11.3 Å². The van der Waals surface area contributed by atoms with Gasteiger partial charge in [-0.25, -0.2) is 4.79 Å². The van der Waals surface area contributed by atoms with E-state index in [0.29, 0.717) is 0 Å². The normalized spacial score (nSPS) is 14.4. The maximum Gasteiger partial charge on any atom is 0.345 e. The molecule has 0 saturated heterocycles. The number of carbonyl (C=O) groups is 2. The van der Waals surface area contributed by atoms with Gasteiger partial charge in [-0.15, -0.1) is 0 Å². The van der Waals surface area contributed by atoms with Crippen LogP contribution in [0, 0.1) is 5.92 Å². The van der Waals surface area contributed by atoms with E-state index in [1.165, 1.54) is 6.92 Å². The fourth-order valence-electron chi connectivity index (χ4n) is 0.623. The Balaban J connectivity index is 4.38. The van der Waals surface area contributed by atoms with Crippen molar-refractivity contribution in [1.82, 2.24) is 0 Å². The van der Waals surface area contributed by atoms with E-state index < -0.39 is 24.0 Å². The van der Waals surface area contributed by atoms with E-state index >= 15 is 0 Å². The monoisotopic (exact) mass is 174 g/mol. The van der Waals surface area contributed by atoms with Crippen molar-refractivity contribution in [3.8, 4) is 0 Å². The van der Waals surface area contributed by atoms with Crippen LogP contribution in [0.1, 0.15) is 6.92 Å².